The van der Waals surface area contributed by atoms with Crippen molar-refractivity contribution in [1.29, 1.82) is 0 Å². The van der Waals surface area contributed by atoms with Crippen molar-refractivity contribution in [3.05, 3.63) is 44.9 Å². The summed E-state index contributed by atoms with van der Waals surface area (Å²) in [7, 11) is 0. The number of nitrogens with one attached hydrogen (secondary N) is 2. The zero-order valence-corrected chi connectivity index (χ0v) is 12.2. The molecule has 0 fully saturated rings. The lowest BCUT2D eigenvalue weighted by atomic mass is 10.3. The Morgan fingerprint density at radius 1 is 1.37 bits per heavy atom. The third-order valence-corrected chi connectivity index (χ3v) is 3.93. The minimum Gasteiger partial charge on any atom is -0.333 e. The third kappa shape index (κ3) is 3.68. The molecule has 0 unspecified atom stereocenters. The Morgan fingerprint density at radius 3 is 2.74 bits per heavy atom. The van der Waals surface area contributed by atoms with Gasteiger partial charge in [0.25, 0.3) is 0 Å². The van der Waals surface area contributed by atoms with E-state index in [2.05, 4.69) is 15.6 Å². The van der Waals surface area contributed by atoms with Gasteiger partial charge in [-0.2, -0.15) is 0 Å². The molecule has 0 aliphatic carbocycles. The van der Waals surface area contributed by atoms with E-state index in [1.165, 1.54) is 0 Å². The molecule has 0 aliphatic rings. The van der Waals surface area contributed by atoms with Gasteiger partial charge < -0.3 is 10.6 Å². The van der Waals surface area contributed by atoms with Gasteiger partial charge in [0.15, 0.2) is 0 Å². The number of benzene rings is 1. The lowest BCUT2D eigenvalue weighted by Crippen LogP contribution is -2.28. The first kappa shape index (κ1) is 13.8. The monoisotopic (exact) mass is 295 g/mol. The first-order valence-corrected chi connectivity index (χ1v) is 6.98. The van der Waals surface area contributed by atoms with Gasteiger partial charge in [0.1, 0.15) is 0 Å². The van der Waals surface area contributed by atoms with Crippen LogP contribution in [0.3, 0.4) is 0 Å². The number of carbonyl (C=O) groups excluding carboxylic acids is 1. The van der Waals surface area contributed by atoms with Crippen LogP contribution < -0.4 is 10.6 Å². The van der Waals surface area contributed by atoms with Crippen LogP contribution in [0.4, 0.5) is 10.5 Å². The molecular weight excluding hydrogens is 282 g/mol. The molecule has 0 saturated carbocycles. The molecule has 4 nitrogen and oxygen atoms in total. The van der Waals surface area contributed by atoms with E-state index in [0.29, 0.717) is 17.3 Å². The second-order valence-corrected chi connectivity index (χ2v) is 5.72. The minimum atomic E-state index is -0.279. The van der Waals surface area contributed by atoms with Crippen LogP contribution in [0.25, 0.3) is 0 Å². The molecule has 0 atom stereocenters. The minimum absolute atomic E-state index is 0.279. The highest BCUT2D eigenvalue weighted by Crippen LogP contribution is 2.20. The molecule has 0 bridgehead atoms. The molecule has 0 saturated heterocycles. The molecule has 2 N–H and O–H groups in total. The normalized spacial score (nSPS) is 10.3. The summed E-state index contributed by atoms with van der Waals surface area (Å²) in [6.45, 7) is 4.35. The molecule has 6 heteroatoms. The summed E-state index contributed by atoms with van der Waals surface area (Å²) in [5.41, 5.74) is 1.56. The van der Waals surface area contributed by atoms with Crippen LogP contribution in [0, 0.1) is 13.8 Å². The number of aromatic nitrogens is 1. The third-order valence-electron chi connectivity index (χ3n) is 2.53. The maximum absolute atomic E-state index is 11.8. The van der Waals surface area contributed by atoms with Crippen molar-refractivity contribution in [3.63, 3.8) is 0 Å². The van der Waals surface area contributed by atoms with Gasteiger partial charge in [-0.05, 0) is 26.0 Å². The standard InChI is InChI=1S/C13H14ClN3OS/c1-8-12(19-9(2)16-8)7-15-13(18)17-11-6-4-3-5-10(11)14/h3-6H,7H2,1-2H3,(H2,15,17,18). The van der Waals surface area contributed by atoms with Gasteiger partial charge in [0.05, 0.1) is 28.0 Å². The molecule has 1 heterocycles. The number of aryl methyl sites for hydroxylation is 2. The van der Waals surface area contributed by atoms with Gasteiger partial charge in [-0.15, -0.1) is 11.3 Å². The fourth-order valence-corrected chi connectivity index (χ4v) is 2.69. The lowest BCUT2D eigenvalue weighted by Gasteiger charge is -2.08. The summed E-state index contributed by atoms with van der Waals surface area (Å²) < 4.78 is 0. The van der Waals surface area contributed by atoms with Gasteiger partial charge in [-0.3, -0.25) is 0 Å². The van der Waals surface area contributed by atoms with E-state index in [1.807, 2.05) is 26.0 Å². The van der Waals surface area contributed by atoms with Crippen LogP contribution in [0.15, 0.2) is 24.3 Å². The number of thiazole rings is 1. The number of nitrogens with zero attached hydrogens (tertiary/aromatic N) is 1. The number of hydrogen-bond donors (Lipinski definition) is 2. The molecule has 1 aromatic heterocycles. The van der Waals surface area contributed by atoms with Crippen molar-refractivity contribution in [2.24, 2.45) is 0 Å². The van der Waals surface area contributed by atoms with Crippen molar-refractivity contribution in [2.75, 3.05) is 5.32 Å². The number of rotatable bonds is 3. The highest BCUT2D eigenvalue weighted by molar-refractivity contribution is 7.11. The smallest absolute Gasteiger partial charge is 0.319 e. The molecule has 2 amide bonds. The predicted octanol–water partition coefficient (Wildman–Crippen LogP) is 3.74. The lowest BCUT2D eigenvalue weighted by molar-refractivity contribution is 0.252. The number of para-hydroxylation sites is 1. The SMILES string of the molecule is Cc1nc(C)c(CNC(=O)Nc2ccccc2Cl)s1. The molecule has 0 radical (unpaired) electrons. The summed E-state index contributed by atoms with van der Waals surface area (Å²) in [6.07, 6.45) is 0. The number of carbonyl (C=O) groups is 1. The summed E-state index contributed by atoms with van der Waals surface area (Å²) in [5.74, 6) is 0. The number of hydrogen-bond acceptors (Lipinski definition) is 3. The molecule has 19 heavy (non-hydrogen) atoms. The van der Waals surface area contributed by atoms with E-state index in [0.717, 1.165) is 15.6 Å². The highest BCUT2D eigenvalue weighted by Gasteiger charge is 2.08. The second-order valence-electron chi connectivity index (χ2n) is 4.03. The summed E-state index contributed by atoms with van der Waals surface area (Å²) in [5, 5.41) is 7.02. The van der Waals surface area contributed by atoms with Crippen LogP contribution >= 0.6 is 22.9 Å². The maximum atomic E-state index is 11.8. The number of halogens is 1. The van der Waals surface area contributed by atoms with Crippen molar-refractivity contribution >= 4 is 34.7 Å². The van der Waals surface area contributed by atoms with Gasteiger partial charge in [-0.1, -0.05) is 23.7 Å². The summed E-state index contributed by atoms with van der Waals surface area (Å²) in [6, 6.07) is 6.84. The Balaban J connectivity index is 1.92. The van der Waals surface area contributed by atoms with Gasteiger partial charge >= 0.3 is 6.03 Å². The fourth-order valence-electron chi connectivity index (χ4n) is 1.63. The van der Waals surface area contributed by atoms with Crippen LogP contribution in [0.5, 0.6) is 0 Å². The van der Waals surface area contributed by atoms with Crippen molar-refractivity contribution < 1.29 is 4.79 Å². The van der Waals surface area contributed by atoms with Gasteiger partial charge in [-0.25, -0.2) is 9.78 Å². The molecule has 100 valence electrons. The van der Waals surface area contributed by atoms with Crippen LogP contribution in [-0.4, -0.2) is 11.0 Å². The Hall–Kier alpha value is -1.59. The molecule has 2 aromatic rings. The topological polar surface area (TPSA) is 54.0 Å². The van der Waals surface area contributed by atoms with Crippen LogP contribution in [0.2, 0.25) is 5.02 Å². The van der Waals surface area contributed by atoms with Crippen molar-refractivity contribution in [2.45, 2.75) is 20.4 Å². The predicted molar refractivity (Wildman–Crippen MR) is 78.9 cm³/mol. The zero-order valence-electron chi connectivity index (χ0n) is 10.7. The van der Waals surface area contributed by atoms with Gasteiger partial charge in [0.2, 0.25) is 0 Å². The van der Waals surface area contributed by atoms with Crippen molar-refractivity contribution in [1.82, 2.24) is 10.3 Å². The first-order valence-electron chi connectivity index (χ1n) is 5.78. The van der Waals surface area contributed by atoms with Crippen LogP contribution in [-0.2, 0) is 6.54 Å². The quantitative estimate of drug-likeness (QED) is 0.906. The molecule has 2 rings (SSSR count). The van der Waals surface area contributed by atoms with Crippen molar-refractivity contribution in [3.8, 4) is 0 Å². The first-order chi connectivity index (χ1) is 9.06. The zero-order chi connectivity index (χ0) is 13.8. The number of amides is 2. The summed E-state index contributed by atoms with van der Waals surface area (Å²) in [4.78, 5) is 17.1. The second kappa shape index (κ2) is 6.04. The maximum Gasteiger partial charge on any atom is 0.319 e. The molecule has 0 spiro atoms. The average molecular weight is 296 g/mol. The van der Waals surface area contributed by atoms with Crippen LogP contribution in [0.1, 0.15) is 15.6 Å². The Morgan fingerprint density at radius 2 is 2.11 bits per heavy atom. The van der Waals surface area contributed by atoms with E-state index in [1.54, 1.807) is 23.5 Å². The fraction of sp³-hybridized carbons (Fsp3) is 0.231. The Kier molecular flexibility index (Phi) is 4.39. The van der Waals surface area contributed by atoms with E-state index in [9.17, 15) is 4.79 Å². The highest BCUT2D eigenvalue weighted by atomic mass is 35.5. The van der Waals surface area contributed by atoms with E-state index >= 15 is 0 Å². The van der Waals surface area contributed by atoms with E-state index < -0.39 is 0 Å². The van der Waals surface area contributed by atoms with E-state index in [4.69, 9.17) is 11.6 Å². The number of anilines is 1. The Labute approximate surface area is 120 Å². The largest absolute Gasteiger partial charge is 0.333 e. The molecule has 1 aromatic carbocycles. The van der Waals surface area contributed by atoms with Gasteiger partial charge in [0, 0.05) is 4.88 Å². The average Bonchev–Trinajstić information content (AvgIpc) is 2.68. The summed E-state index contributed by atoms with van der Waals surface area (Å²) >= 11 is 7.55. The Bertz CT molecular complexity index is 597. The number of urea groups is 1. The van der Waals surface area contributed by atoms with E-state index in [-0.39, 0.29) is 6.03 Å². The molecular formula is C13H14ClN3OS. The molecule has 0 aliphatic heterocycles.